The summed E-state index contributed by atoms with van der Waals surface area (Å²) in [5.74, 6) is 0.542. The van der Waals surface area contributed by atoms with Crippen molar-refractivity contribution in [2.45, 2.75) is 65.8 Å². The van der Waals surface area contributed by atoms with Gasteiger partial charge in [0.2, 0.25) is 0 Å². The first-order valence-corrected chi connectivity index (χ1v) is 13.4. The summed E-state index contributed by atoms with van der Waals surface area (Å²) in [6.45, 7) is 12.9. The van der Waals surface area contributed by atoms with Crippen LogP contribution in [0.4, 0.5) is 0 Å². The molecule has 1 saturated heterocycles. The van der Waals surface area contributed by atoms with Gasteiger partial charge in [-0.1, -0.05) is 26.8 Å². The highest BCUT2D eigenvalue weighted by molar-refractivity contribution is 5.97. The van der Waals surface area contributed by atoms with Crippen molar-refractivity contribution in [3.05, 3.63) is 53.1 Å². The molecule has 2 aromatic carbocycles. The van der Waals surface area contributed by atoms with Gasteiger partial charge in [-0.3, -0.25) is 9.59 Å². The van der Waals surface area contributed by atoms with Gasteiger partial charge >= 0.3 is 0 Å². The second-order valence-electron chi connectivity index (χ2n) is 11.5. The van der Waals surface area contributed by atoms with Crippen LogP contribution in [0.25, 0.3) is 11.1 Å². The summed E-state index contributed by atoms with van der Waals surface area (Å²) in [6, 6.07) is 11.8. The second kappa shape index (κ2) is 11.5. The summed E-state index contributed by atoms with van der Waals surface area (Å²) < 4.78 is 6.31. The van der Waals surface area contributed by atoms with Gasteiger partial charge in [-0.05, 0) is 99.0 Å². The monoisotopic (exact) mass is 491 g/mol. The van der Waals surface area contributed by atoms with E-state index in [1.54, 1.807) is 0 Å². The van der Waals surface area contributed by atoms with Gasteiger partial charge in [0.25, 0.3) is 11.8 Å². The van der Waals surface area contributed by atoms with E-state index in [1.807, 2.05) is 43.3 Å². The Hall–Kier alpha value is -2.86. The van der Waals surface area contributed by atoms with Gasteiger partial charge < -0.3 is 20.3 Å². The lowest BCUT2D eigenvalue weighted by Gasteiger charge is -2.20. The van der Waals surface area contributed by atoms with Crippen molar-refractivity contribution in [2.75, 3.05) is 32.8 Å². The van der Waals surface area contributed by atoms with Crippen molar-refractivity contribution >= 4 is 11.8 Å². The topological polar surface area (TPSA) is 70.7 Å². The first kappa shape index (κ1) is 26.2. The SMILES string of the molecule is Cc1ccc(C(=O)NC2CC2)cc1-c1ccc(C(=O)NCC(C)(C)C)cc1OCCCN1CCCC1. The lowest BCUT2D eigenvalue weighted by Crippen LogP contribution is -2.32. The first-order chi connectivity index (χ1) is 17.2. The minimum absolute atomic E-state index is 0.00307. The summed E-state index contributed by atoms with van der Waals surface area (Å²) in [7, 11) is 0. The molecule has 2 aliphatic rings. The van der Waals surface area contributed by atoms with Crippen LogP contribution in [-0.2, 0) is 0 Å². The van der Waals surface area contributed by atoms with E-state index in [9.17, 15) is 9.59 Å². The van der Waals surface area contributed by atoms with Gasteiger partial charge in [0.1, 0.15) is 5.75 Å². The summed E-state index contributed by atoms with van der Waals surface area (Å²) in [5, 5.41) is 6.11. The van der Waals surface area contributed by atoms with E-state index in [0.717, 1.165) is 42.5 Å². The van der Waals surface area contributed by atoms with E-state index in [4.69, 9.17) is 4.74 Å². The maximum atomic E-state index is 12.9. The molecule has 2 fully saturated rings. The Labute approximate surface area is 215 Å². The number of hydrogen-bond acceptors (Lipinski definition) is 4. The zero-order valence-electron chi connectivity index (χ0n) is 22.3. The Kier molecular flexibility index (Phi) is 8.35. The van der Waals surface area contributed by atoms with Crippen molar-refractivity contribution in [3.63, 3.8) is 0 Å². The minimum atomic E-state index is -0.104. The number of aryl methyl sites for hydroxylation is 1. The maximum Gasteiger partial charge on any atom is 0.251 e. The third-order valence-corrected chi connectivity index (χ3v) is 6.80. The highest BCUT2D eigenvalue weighted by Crippen LogP contribution is 2.34. The highest BCUT2D eigenvalue weighted by Gasteiger charge is 2.24. The molecule has 194 valence electrons. The van der Waals surface area contributed by atoms with Crippen LogP contribution in [-0.4, -0.2) is 55.5 Å². The fraction of sp³-hybridized carbons (Fsp3) is 0.533. The fourth-order valence-electron chi connectivity index (χ4n) is 4.48. The molecule has 2 amide bonds. The number of nitrogens with one attached hydrogen (secondary N) is 2. The number of rotatable bonds is 10. The molecular weight excluding hydrogens is 450 g/mol. The number of likely N-dealkylation sites (tertiary alicyclic amines) is 1. The third kappa shape index (κ3) is 7.33. The summed E-state index contributed by atoms with van der Waals surface area (Å²) >= 11 is 0. The van der Waals surface area contributed by atoms with Crippen molar-refractivity contribution in [1.82, 2.24) is 15.5 Å². The molecule has 0 aromatic heterocycles. The molecule has 1 aliphatic carbocycles. The van der Waals surface area contributed by atoms with Crippen LogP contribution in [0.1, 0.15) is 79.2 Å². The van der Waals surface area contributed by atoms with Crippen LogP contribution in [0, 0.1) is 12.3 Å². The van der Waals surface area contributed by atoms with Crippen LogP contribution in [0.5, 0.6) is 5.75 Å². The van der Waals surface area contributed by atoms with Gasteiger partial charge in [-0.25, -0.2) is 0 Å². The molecule has 0 spiro atoms. The van der Waals surface area contributed by atoms with Crippen LogP contribution in [0.2, 0.25) is 0 Å². The number of carbonyl (C=O) groups excluding carboxylic acids is 2. The normalized spacial score (nSPS) is 16.1. The van der Waals surface area contributed by atoms with Crippen LogP contribution >= 0.6 is 0 Å². The van der Waals surface area contributed by atoms with Crippen molar-refractivity contribution in [3.8, 4) is 16.9 Å². The van der Waals surface area contributed by atoms with Gasteiger partial charge in [0.15, 0.2) is 0 Å². The zero-order chi connectivity index (χ0) is 25.7. The van der Waals surface area contributed by atoms with Gasteiger partial charge in [-0.15, -0.1) is 0 Å². The molecule has 4 rings (SSSR count). The van der Waals surface area contributed by atoms with Crippen molar-refractivity contribution in [2.24, 2.45) is 5.41 Å². The molecule has 2 N–H and O–H groups in total. The average molecular weight is 492 g/mol. The molecule has 36 heavy (non-hydrogen) atoms. The lowest BCUT2D eigenvalue weighted by atomic mass is 9.95. The predicted molar refractivity (Wildman–Crippen MR) is 145 cm³/mol. The second-order valence-corrected chi connectivity index (χ2v) is 11.5. The number of amides is 2. The Balaban J connectivity index is 1.56. The summed E-state index contributed by atoms with van der Waals surface area (Å²) in [6.07, 6.45) is 5.60. The van der Waals surface area contributed by atoms with E-state index in [-0.39, 0.29) is 17.2 Å². The van der Waals surface area contributed by atoms with Crippen LogP contribution in [0.3, 0.4) is 0 Å². The van der Waals surface area contributed by atoms with E-state index in [2.05, 4.69) is 36.3 Å². The molecule has 0 atom stereocenters. The molecule has 1 heterocycles. The molecule has 1 saturated carbocycles. The zero-order valence-corrected chi connectivity index (χ0v) is 22.3. The van der Waals surface area contributed by atoms with E-state index in [0.29, 0.717) is 36.1 Å². The quantitative estimate of drug-likeness (QED) is 0.449. The lowest BCUT2D eigenvalue weighted by molar-refractivity contribution is 0.0935. The Bertz CT molecular complexity index is 1080. The molecule has 0 radical (unpaired) electrons. The molecule has 0 unspecified atom stereocenters. The molecular formula is C30H41N3O3. The Morgan fingerprint density at radius 1 is 0.972 bits per heavy atom. The van der Waals surface area contributed by atoms with Gasteiger partial charge in [0, 0.05) is 35.8 Å². The number of benzene rings is 2. The Morgan fingerprint density at radius 3 is 2.36 bits per heavy atom. The Morgan fingerprint density at radius 2 is 1.67 bits per heavy atom. The van der Waals surface area contributed by atoms with E-state index < -0.39 is 0 Å². The summed E-state index contributed by atoms with van der Waals surface area (Å²) in [4.78, 5) is 28.1. The number of nitrogens with zero attached hydrogens (tertiary/aromatic N) is 1. The average Bonchev–Trinajstić information content (AvgIpc) is 3.50. The van der Waals surface area contributed by atoms with E-state index >= 15 is 0 Å². The van der Waals surface area contributed by atoms with Gasteiger partial charge in [-0.2, -0.15) is 0 Å². The predicted octanol–water partition coefficient (Wildman–Crippen LogP) is 5.19. The molecule has 2 aromatic rings. The van der Waals surface area contributed by atoms with E-state index in [1.165, 1.54) is 25.9 Å². The number of carbonyl (C=O) groups is 2. The molecule has 0 bridgehead atoms. The molecule has 6 heteroatoms. The largest absolute Gasteiger partial charge is 0.493 e. The van der Waals surface area contributed by atoms with Gasteiger partial charge in [0.05, 0.1) is 6.61 Å². The van der Waals surface area contributed by atoms with Crippen LogP contribution in [0.15, 0.2) is 36.4 Å². The number of hydrogen-bond donors (Lipinski definition) is 2. The third-order valence-electron chi connectivity index (χ3n) is 6.80. The maximum absolute atomic E-state index is 12.9. The smallest absolute Gasteiger partial charge is 0.251 e. The highest BCUT2D eigenvalue weighted by atomic mass is 16.5. The van der Waals surface area contributed by atoms with Crippen molar-refractivity contribution < 1.29 is 14.3 Å². The van der Waals surface area contributed by atoms with Crippen LogP contribution < -0.4 is 15.4 Å². The standard InChI is InChI=1S/C30H41N3O3/c1-21-8-9-22(29(35)32-24-11-12-24)18-26(21)25-13-10-23(28(34)31-20-30(2,3)4)19-27(25)36-17-7-16-33-14-5-6-15-33/h8-10,13,18-19,24H,5-7,11-12,14-17,20H2,1-4H3,(H,31,34)(H,32,35). The first-order valence-electron chi connectivity index (χ1n) is 13.4. The molecule has 1 aliphatic heterocycles. The molecule has 6 nitrogen and oxygen atoms in total. The summed E-state index contributed by atoms with van der Waals surface area (Å²) in [5.41, 5.74) is 4.15. The number of ether oxygens (including phenoxy) is 1. The minimum Gasteiger partial charge on any atom is -0.493 e. The van der Waals surface area contributed by atoms with Crippen molar-refractivity contribution in [1.29, 1.82) is 0 Å². The fourth-order valence-corrected chi connectivity index (χ4v) is 4.48.